The molecule has 1 heterocycles. The molecule has 3 atom stereocenters. The second-order valence-electron chi connectivity index (χ2n) is 8.25. The molecule has 0 aromatic heterocycles. The third-order valence-corrected chi connectivity index (χ3v) is 6.42. The molecule has 0 radical (unpaired) electrons. The summed E-state index contributed by atoms with van der Waals surface area (Å²) in [5, 5.41) is 19.7. The maximum absolute atomic E-state index is 12.5. The molecule has 1 aliphatic heterocycles. The number of phenols is 1. The van der Waals surface area contributed by atoms with Gasteiger partial charge >= 0.3 is 0 Å². The topological polar surface area (TPSA) is 61.4 Å². The molecule has 1 amide bonds. The van der Waals surface area contributed by atoms with E-state index >= 15 is 0 Å². The fourth-order valence-corrected chi connectivity index (χ4v) is 4.97. The molecule has 30 heavy (non-hydrogen) atoms. The van der Waals surface area contributed by atoms with E-state index in [1.807, 2.05) is 43.3 Å². The molecular weight excluding hydrogens is 372 g/mol. The number of amides is 1. The highest BCUT2D eigenvalue weighted by atomic mass is 16.3. The Balaban J connectivity index is 1.57. The van der Waals surface area contributed by atoms with Crippen LogP contribution in [0.1, 0.15) is 53.2 Å². The summed E-state index contributed by atoms with van der Waals surface area (Å²) in [7, 11) is 0. The van der Waals surface area contributed by atoms with Crippen molar-refractivity contribution in [1.29, 1.82) is 0 Å². The number of phenolic OH excluding ortho intramolecular Hbond substituents is 1. The molecule has 0 saturated heterocycles. The lowest BCUT2D eigenvalue weighted by Gasteiger charge is -2.38. The number of allylic oxidation sites excluding steroid dienone is 2. The van der Waals surface area contributed by atoms with Crippen LogP contribution in [0.25, 0.3) is 10.8 Å². The molecule has 4 heteroatoms. The number of anilines is 1. The van der Waals surface area contributed by atoms with Gasteiger partial charge in [-0.1, -0.05) is 49.4 Å². The number of aromatic hydroxyl groups is 1. The Morgan fingerprint density at radius 3 is 2.90 bits per heavy atom. The maximum Gasteiger partial charge on any atom is 0.251 e. The van der Waals surface area contributed by atoms with Crippen LogP contribution in [0.2, 0.25) is 0 Å². The van der Waals surface area contributed by atoms with E-state index in [1.165, 1.54) is 0 Å². The van der Waals surface area contributed by atoms with E-state index in [0.29, 0.717) is 23.8 Å². The minimum absolute atomic E-state index is 0.00312. The second-order valence-corrected chi connectivity index (χ2v) is 8.25. The van der Waals surface area contributed by atoms with Crippen molar-refractivity contribution in [3.8, 4) is 5.75 Å². The number of carbonyl (C=O) groups excluding carboxylic acids is 1. The van der Waals surface area contributed by atoms with Crippen LogP contribution in [0, 0.1) is 5.92 Å². The fraction of sp³-hybridized carbons (Fsp3) is 0.269. The molecular formula is C26H26N2O2. The quantitative estimate of drug-likeness (QED) is 0.508. The van der Waals surface area contributed by atoms with Gasteiger partial charge in [-0.25, -0.2) is 0 Å². The van der Waals surface area contributed by atoms with Crippen LogP contribution >= 0.6 is 0 Å². The highest BCUT2D eigenvalue weighted by Gasteiger charge is 2.39. The van der Waals surface area contributed by atoms with E-state index in [0.717, 1.165) is 40.4 Å². The van der Waals surface area contributed by atoms with Crippen molar-refractivity contribution in [2.45, 2.75) is 31.7 Å². The van der Waals surface area contributed by atoms with Gasteiger partial charge in [0.05, 0.1) is 6.04 Å². The summed E-state index contributed by atoms with van der Waals surface area (Å²) in [6, 6.07) is 17.9. The van der Waals surface area contributed by atoms with Crippen LogP contribution < -0.4 is 10.6 Å². The summed E-state index contributed by atoms with van der Waals surface area (Å²) in [6.07, 6.45) is 6.34. The highest BCUT2D eigenvalue weighted by Crippen LogP contribution is 2.52. The molecule has 3 unspecified atom stereocenters. The molecule has 3 N–H and O–H groups in total. The standard InChI is InChI=1S/C26H26N2O2/c1-2-14-27-26(30)17-10-12-22-21(15-17)19-8-5-9-20(19)25(28-22)24-18-7-4-3-6-16(18)11-13-23(24)29/h3-8,10-13,15,19-20,25,28-29H,2,9,14H2,1H3,(H,27,30). The average Bonchev–Trinajstić information content (AvgIpc) is 3.27. The number of rotatable bonds is 4. The number of hydrogen-bond donors (Lipinski definition) is 3. The van der Waals surface area contributed by atoms with Crippen LogP contribution in [0.5, 0.6) is 5.75 Å². The summed E-state index contributed by atoms with van der Waals surface area (Å²) in [5.74, 6) is 0.828. The minimum atomic E-state index is -0.0213. The van der Waals surface area contributed by atoms with Gasteiger partial charge in [-0.2, -0.15) is 0 Å². The lowest BCUT2D eigenvalue weighted by atomic mass is 9.75. The van der Waals surface area contributed by atoms with Crippen LogP contribution in [0.15, 0.2) is 66.7 Å². The third-order valence-electron chi connectivity index (χ3n) is 6.42. The highest BCUT2D eigenvalue weighted by molar-refractivity contribution is 5.95. The Bertz CT molecular complexity index is 1150. The zero-order valence-corrected chi connectivity index (χ0v) is 17.1. The van der Waals surface area contributed by atoms with Crippen LogP contribution in [0.3, 0.4) is 0 Å². The molecule has 0 fully saturated rings. The van der Waals surface area contributed by atoms with Gasteiger partial charge in [0.25, 0.3) is 5.91 Å². The van der Waals surface area contributed by atoms with Crippen molar-refractivity contribution < 1.29 is 9.90 Å². The Morgan fingerprint density at radius 1 is 1.17 bits per heavy atom. The first-order valence-electron chi connectivity index (χ1n) is 10.7. The molecule has 2 aliphatic rings. The van der Waals surface area contributed by atoms with E-state index in [2.05, 4.69) is 34.9 Å². The van der Waals surface area contributed by atoms with Gasteiger partial charge in [0.15, 0.2) is 0 Å². The van der Waals surface area contributed by atoms with Crippen molar-refractivity contribution in [3.63, 3.8) is 0 Å². The number of benzene rings is 3. The summed E-state index contributed by atoms with van der Waals surface area (Å²) < 4.78 is 0. The van der Waals surface area contributed by atoms with Crippen molar-refractivity contribution in [1.82, 2.24) is 5.32 Å². The third kappa shape index (κ3) is 3.04. The molecule has 5 rings (SSSR count). The molecule has 0 saturated carbocycles. The van der Waals surface area contributed by atoms with Crippen LogP contribution in [-0.4, -0.2) is 17.6 Å². The maximum atomic E-state index is 12.5. The second kappa shape index (κ2) is 7.52. The van der Waals surface area contributed by atoms with Gasteiger partial charge in [0.1, 0.15) is 5.75 Å². The summed E-state index contributed by atoms with van der Waals surface area (Å²) in [5.41, 5.74) is 3.86. The molecule has 1 aliphatic carbocycles. The number of fused-ring (bicyclic) bond motifs is 4. The van der Waals surface area contributed by atoms with Gasteiger partial charge in [-0.15, -0.1) is 0 Å². The molecule has 152 valence electrons. The normalized spacial score (nSPS) is 21.7. The SMILES string of the molecule is CCCNC(=O)c1ccc2c(c1)C1C=CCC1C(c1c(O)ccc3ccccc13)N2. The molecule has 0 spiro atoms. The summed E-state index contributed by atoms with van der Waals surface area (Å²) in [6.45, 7) is 2.73. The van der Waals surface area contributed by atoms with Gasteiger partial charge in [-0.05, 0) is 59.4 Å². The smallest absolute Gasteiger partial charge is 0.251 e. The minimum Gasteiger partial charge on any atom is -0.508 e. The first kappa shape index (κ1) is 18.7. The molecule has 0 bridgehead atoms. The largest absolute Gasteiger partial charge is 0.508 e. The first-order chi connectivity index (χ1) is 14.7. The van der Waals surface area contributed by atoms with Crippen molar-refractivity contribution in [2.24, 2.45) is 5.92 Å². The predicted molar refractivity (Wildman–Crippen MR) is 121 cm³/mol. The van der Waals surface area contributed by atoms with Crippen molar-refractivity contribution in [3.05, 3.63) is 83.4 Å². The van der Waals surface area contributed by atoms with E-state index in [4.69, 9.17) is 0 Å². The fourth-order valence-electron chi connectivity index (χ4n) is 4.97. The van der Waals surface area contributed by atoms with Crippen LogP contribution in [-0.2, 0) is 0 Å². The summed E-state index contributed by atoms with van der Waals surface area (Å²) in [4.78, 5) is 12.5. The Labute approximate surface area is 176 Å². The number of nitrogens with one attached hydrogen (secondary N) is 2. The Morgan fingerprint density at radius 2 is 2.03 bits per heavy atom. The van der Waals surface area contributed by atoms with Crippen molar-refractivity contribution >= 4 is 22.4 Å². The van der Waals surface area contributed by atoms with Gasteiger partial charge in [0, 0.05) is 29.3 Å². The Hall–Kier alpha value is -3.27. The Kier molecular flexibility index (Phi) is 4.70. The zero-order chi connectivity index (χ0) is 20.7. The predicted octanol–water partition coefficient (Wildman–Crippen LogP) is 5.51. The molecule has 3 aromatic carbocycles. The molecule has 3 aromatic rings. The van der Waals surface area contributed by atoms with E-state index in [1.54, 1.807) is 6.07 Å². The average molecular weight is 399 g/mol. The lowest BCUT2D eigenvalue weighted by molar-refractivity contribution is 0.0953. The van der Waals surface area contributed by atoms with Gasteiger partial charge in [0.2, 0.25) is 0 Å². The molecule has 4 nitrogen and oxygen atoms in total. The van der Waals surface area contributed by atoms with Gasteiger partial charge < -0.3 is 15.7 Å². The first-order valence-corrected chi connectivity index (χ1v) is 10.7. The van der Waals surface area contributed by atoms with E-state index in [-0.39, 0.29) is 17.9 Å². The number of carbonyl (C=O) groups is 1. The monoisotopic (exact) mass is 398 g/mol. The lowest BCUT2D eigenvalue weighted by Crippen LogP contribution is -2.30. The number of hydrogen-bond acceptors (Lipinski definition) is 3. The van der Waals surface area contributed by atoms with Gasteiger partial charge in [-0.3, -0.25) is 4.79 Å². The van der Waals surface area contributed by atoms with Crippen LogP contribution in [0.4, 0.5) is 5.69 Å². The summed E-state index contributed by atoms with van der Waals surface area (Å²) >= 11 is 0. The van der Waals surface area contributed by atoms with Crippen molar-refractivity contribution in [2.75, 3.05) is 11.9 Å². The zero-order valence-electron chi connectivity index (χ0n) is 17.1. The van der Waals surface area contributed by atoms with E-state index in [9.17, 15) is 9.90 Å². The van der Waals surface area contributed by atoms with E-state index < -0.39 is 0 Å².